The van der Waals surface area contributed by atoms with Crippen LogP contribution < -0.4 is 9.47 Å². The lowest BCUT2D eigenvalue weighted by molar-refractivity contribution is -0.117. The molecule has 0 saturated carbocycles. The molecule has 1 heterocycles. The van der Waals surface area contributed by atoms with Gasteiger partial charge in [-0.25, -0.2) is 0 Å². The zero-order valence-corrected chi connectivity index (χ0v) is 25.0. The number of ketones is 2. The quantitative estimate of drug-likeness (QED) is 0.268. The van der Waals surface area contributed by atoms with E-state index in [1.165, 1.54) is 0 Å². The number of hydrogen-bond acceptors (Lipinski definition) is 5. The number of nitrogens with zero attached hydrogens (tertiary/aromatic N) is 1. The summed E-state index contributed by atoms with van der Waals surface area (Å²) < 4.78 is 12.3. The number of benzene rings is 3. The van der Waals surface area contributed by atoms with Gasteiger partial charge in [0.05, 0.1) is 11.6 Å². The molecular weight excluding hydrogens is 546 g/mol. The molecule has 216 valence electrons. The van der Waals surface area contributed by atoms with Crippen molar-refractivity contribution in [1.29, 1.82) is 0 Å². The maximum Gasteiger partial charge on any atom is 0.180 e. The molecule has 0 unspecified atom stereocenters. The summed E-state index contributed by atoms with van der Waals surface area (Å²) in [6.07, 6.45) is 4.19. The van der Waals surface area contributed by atoms with E-state index in [9.17, 15) is 9.59 Å². The van der Waals surface area contributed by atoms with Gasteiger partial charge in [0.15, 0.2) is 23.1 Å². The zero-order valence-electron chi connectivity index (χ0n) is 24.3. The summed E-state index contributed by atoms with van der Waals surface area (Å²) in [6, 6.07) is 22.2. The zero-order chi connectivity index (χ0) is 29.2. The van der Waals surface area contributed by atoms with Gasteiger partial charge >= 0.3 is 0 Å². The van der Waals surface area contributed by atoms with Gasteiger partial charge in [0.2, 0.25) is 0 Å². The number of allylic oxidation sites excluding steroid dienone is 4. The van der Waals surface area contributed by atoms with E-state index < -0.39 is 5.92 Å². The van der Waals surface area contributed by atoms with Crippen LogP contribution >= 0.6 is 11.6 Å². The van der Waals surface area contributed by atoms with Crippen molar-refractivity contribution >= 4 is 23.2 Å². The van der Waals surface area contributed by atoms with Gasteiger partial charge in [0, 0.05) is 47.8 Å². The molecule has 0 fully saturated rings. The van der Waals surface area contributed by atoms with Gasteiger partial charge in [-0.3, -0.25) is 9.59 Å². The molecule has 6 heteroatoms. The van der Waals surface area contributed by atoms with Crippen molar-refractivity contribution in [2.45, 2.75) is 71.4 Å². The molecule has 2 aliphatic carbocycles. The Kier molecular flexibility index (Phi) is 8.21. The van der Waals surface area contributed by atoms with E-state index >= 15 is 0 Å². The summed E-state index contributed by atoms with van der Waals surface area (Å²) in [4.78, 5) is 29.7. The average Bonchev–Trinajstić information content (AvgIpc) is 2.98. The van der Waals surface area contributed by atoms with Crippen LogP contribution in [0.25, 0.3) is 0 Å². The molecule has 0 amide bonds. The van der Waals surface area contributed by atoms with Crippen molar-refractivity contribution in [2.24, 2.45) is 0 Å². The number of carbonyl (C=O) groups is 2. The van der Waals surface area contributed by atoms with Gasteiger partial charge in [-0.15, -0.1) is 0 Å². The monoisotopic (exact) mass is 581 g/mol. The van der Waals surface area contributed by atoms with E-state index in [4.69, 9.17) is 21.1 Å². The molecule has 0 spiro atoms. The fourth-order valence-electron chi connectivity index (χ4n) is 6.62. The molecule has 42 heavy (non-hydrogen) atoms. The van der Waals surface area contributed by atoms with Gasteiger partial charge in [-0.2, -0.15) is 0 Å². The van der Waals surface area contributed by atoms with Gasteiger partial charge in [0.1, 0.15) is 6.61 Å². The van der Waals surface area contributed by atoms with E-state index in [-0.39, 0.29) is 11.6 Å². The number of halogens is 1. The second kappa shape index (κ2) is 12.2. The predicted molar refractivity (Wildman–Crippen MR) is 165 cm³/mol. The molecule has 0 saturated heterocycles. The van der Waals surface area contributed by atoms with Gasteiger partial charge in [0.25, 0.3) is 0 Å². The molecule has 0 bridgehead atoms. The topological polar surface area (TPSA) is 55.8 Å². The molecule has 5 nitrogen and oxygen atoms in total. The first-order valence-electron chi connectivity index (χ1n) is 14.9. The Morgan fingerprint density at radius 2 is 1.48 bits per heavy atom. The van der Waals surface area contributed by atoms with E-state index in [0.29, 0.717) is 49.1 Å². The Bertz CT molecular complexity index is 1550. The van der Waals surface area contributed by atoms with E-state index in [1.54, 1.807) is 0 Å². The third kappa shape index (κ3) is 5.50. The highest BCUT2D eigenvalue weighted by Crippen LogP contribution is 2.51. The normalized spacial score (nSPS) is 17.4. The highest BCUT2D eigenvalue weighted by molar-refractivity contribution is 6.32. The number of hydrogen-bond donors (Lipinski definition) is 0. The first-order valence-corrected chi connectivity index (χ1v) is 15.3. The lowest BCUT2D eigenvalue weighted by atomic mass is 9.71. The average molecular weight is 582 g/mol. The molecule has 1 aliphatic heterocycles. The molecular formula is C36H36ClNO4. The van der Waals surface area contributed by atoms with Crippen LogP contribution in [-0.4, -0.2) is 23.1 Å². The van der Waals surface area contributed by atoms with Crippen LogP contribution in [0.2, 0.25) is 5.02 Å². The minimum atomic E-state index is -0.467. The Morgan fingerprint density at radius 1 is 0.810 bits per heavy atom. The van der Waals surface area contributed by atoms with Crippen molar-refractivity contribution in [3.63, 3.8) is 0 Å². The van der Waals surface area contributed by atoms with Crippen LogP contribution in [0.1, 0.15) is 73.6 Å². The van der Waals surface area contributed by atoms with Gasteiger partial charge in [-0.1, -0.05) is 71.8 Å². The second-order valence-electron chi connectivity index (χ2n) is 11.3. The Morgan fingerprint density at radius 3 is 2.12 bits per heavy atom. The van der Waals surface area contributed by atoms with Crippen LogP contribution in [-0.2, 0) is 22.7 Å². The maximum absolute atomic E-state index is 13.7. The summed E-state index contributed by atoms with van der Waals surface area (Å²) in [7, 11) is 0. The lowest BCUT2D eigenvalue weighted by Crippen LogP contribution is -2.38. The molecule has 0 atom stereocenters. The first kappa shape index (κ1) is 28.3. The second-order valence-corrected chi connectivity index (χ2v) is 11.7. The first-order chi connectivity index (χ1) is 20.4. The van der Waals surface area contributed by atoms with Crippen LogP contribution in [0.15, 0.2) is 89.3 Å². The van der Waals surface area contributed by atoms with E-state index in [0.717, 1.165) is 70.5 Å². The van der Waals surface area contributed by atoms with E-state index in [1.807, 2.05) is 62.4 Å². The SMILES string of the molecule is CCOc1cc(C2C3=C(CCCC3=O)N(Cc3ccccc3)C3=C2C(=O)CCC3)cc(Cl)c1OCc1cccc(C)c1. The van der Waals surface area contributed by atoms with Gasteiger partial charge < -0.3 is 14.4 Å². The molecule has 3 aromatic carbocycles. The minimum absolute atomic E-state index is 0.109. The highest BCUT2D eigenvalue weighted by atomic mass is 35.5. The smallest absolute Gasteiger partial charge is 0.180 e. The minimum Gasteiger partial charge on any atom is -0.490 e. The molecule has 0 N–H and O–H groups in total. The standard InChI is InChI=1S/C36H36ClNO4/c1-3-41-32-20-26(19-27(37)36(32)42-22-25-13-7-10-23(2)18-25)33-34-28(14-8-16-30(34)39)38(21-24-11-5-4-6-12-24)29-15-9-17-31(40)35(29)33/h4-7,10-13,18-20,33H,3,8-9,14-17,21-22H2,1-2H3. The Hall–Kier alpha value is -3.83. The van der Waals surface area contributed by atoms with Gasteiger partial charge in [-0.05, 0) is 68.4 Å². The highest BCUT2D eigenvalue weighted by Gasteiger charge is 2.43. The summed E-state index contributed by atoms with van der Waals surface area (Å²) in [6.45, 7) is 5.38. The molecule has 0 radical (unpaired) electrons. The summed E-state index contributed by atoms with van der Waals surface area (Å²) >= 11 is 6.93. The summed E-state index contributed by atoms with van der Waals surface area (Å²) in [5.41, 5.74) is 7.71. The number of carbonyl (C=O) groups excluding carboxylic acids is 2. The van der Waals surface area contributed by atoms with Crippen LogP contribution in [0, 0.1) is 6.92 Å². The van der Waals surface area contributed by atoms with Crippen molar-refractivity contribution in [3.05, 3.63) is 117 Å². The van der Waals surface area contributed by atoms with Crippen molar-refractivity contribution < 1.29 is 19.1 Å². The largest absolute Gasteiger partial charge is 0.490 e. The van der Waals surface area contributed by atoms with E-state index in [2.05, 4.69) is 23.1 Å². The van der Waals surface area contributed by atoms with Crippen molar-refractivity contribution in [2.75, 3.05) is 6.61 Å². The van der Waals surface area contributed by atoms with Crippen molar-refractivity contribution in [1.82, 2.24) is 4.90 Å². The molecule has 3 aromatic rings. The maximum atomic E-state index is 13.7. The number of Topliss-reactive ketones (excluding diaryl/α,β-unsaturated/α-hetero) is 2. The summed E-state index contributed by atoms with van der Waals surface area (Å²) in [5.74, 6) is 0.746. The number of rotatable bonds is 8. The third-order valence-corrected chi connectivity index (χ3v) is 8.68. The van der Waals surface area contributed by atoms with Crippen molar-refractivity contribution in [3.8, 4) is 11.5 Å². The third-order valence-electron chi connectivity index (χ3n) is 8.40. The molecule has 0 aromatic heterocycles. The fraction of sp³-hybridized carbons (Fsp3) is 0.333. The van der Waals surface area contributed by atoms with Crippen LogP contribution in [0.4, 0.5) is 0 Å². The van der Waals surface area contributed by atoms with Crippen LogP contribution in [0.3, 0.4) is 0 Å². The summed E-state index contributed by atoms with van der Waals surface area (Å²) in [5, 5.41) is 0.408. The Balaban J connectivity index is 1.45. The lowest BCUT2D eigenvalue weighted by Gasteiger charge is -2.44. The number of aryl methyl sites for hydroxylation is 1. The Labute approximate surface area is 252 Å². The fourth-order valence-corrected chi connectivity index (χ4v) is 6.90. The van der Waals surface area contributed by atoms with Crippen LogP contribution in [0.5, 0.6) is 11.5 Å². The molecule has 3 aliphatic rings. The number of ether oxygens (including phenoxy) is 2. The molecule has 6 rings (SSSR count). The predicted octanol–water partition coefficient (Wildman–Crippen LogP) is 8.24.